The van der Waals surface area contributed by atoms with Gasteiger partial charge in [0.1, 0.15) is 6.33 Å². The quantitative estimate of drug-likeness (QED) is 0.447. The zero-order valence-corrected chi connectivity index (χ0v) is 15.8. The number of amides is 1. The highest BCUT2D eigenvalue weighted by atomic mass is 16.6. The third-order valence-electron chi connectivity index (χ3n) is 4.14. The predicted molar refractivity (Wildman–Crippen MR) is 109 cm³/mol. The molecule has 3 aromatic rings. The molecule has 0 aliphatic rings. The molecule has 0 saturated heterocycles. The molecule has 1 amide bonds. The lowest BCUT2D eigenvalue weighted by Gasteiger charge is -2.19. The minimum Gasteiger partial charge on any atom is -0.349 e. The van der Waals surface area contributed by atoms with Crippen LogP contribution in [0.2, 0.25) is 0 Å². The number of aromatic nitrogens is 2. The van der Waals surface area contributed by atoms with E-state index in [9.17, 15) is 14.9 Å². The summed E-state index contributed by atoms with van der Waals surface area (Å²) in [6, 6.07) is 18.7. The first-order valence-corrected chi connectivity index (χ1v) is 8.88. The SMILES string of the molecule is CN(Cc1ccccc1)c1ncnc(NNC(=O)Cc2ccccc2)c1[N+](=O)[O-]. The van der Waals surface area contributed by atoms with Gasteiger partial charge in [-0.15, -0.1) is 0 Å². The highest BCUT2D eigenvalue weighted by Gasteiger charge is 2.26. The van der Waals surface area contributed by atoms with E-state index in [0.717, 1.165) is 11.1 Å². The van der Waals surface area contributed by atoms with E-state index in [1.54, 1.807) is 11.9 Å². The second-order valence-corrected chi connectivity index (χ2v) is 6.33. The Hall–Kier alpha value is -4.01. The maximum Gasteiger partial charge on any atom is 0.355 e. The van der Waals surface area contributed by atoms with E-state index in [4.69, 9.17) is 0 Å². The van der Waals surface area contributed by atoms with Crippen LogP contribution in [0, 0.1) is 10.1 Å². The van der Waals surface area contributed by atoms with Crippen LogP contribution < -0.4 is 15.8 Å². The lowest BCUT2D eigenvalue weighted by atomic mass is 10.1. The molecule has 1 aromatic heterocycles. The average molecular weight is 392 g/mol. The molecule has 29 heavy (non-hydrogen) atoms. The number of nitrogens with one attached hydrogen (secondary N) is 2. The molecule has 0 atom stereocenters. The standard InChI is InChI=1S/C20H20N6O3/c1-25(13-16-10-6-3-7-11-16)20-18(26(28)29)19(21-14-22-20)24-23-17(27)12-15-8-4-2-5-9-15/h2-11,14H,12-13H2,1H3,(H,23,27)(H,21,22,24). The Labute approximate surface area is 167 Å². The lowest BCUT2D eigenvalue weighted by molar-refractivity contribution is -0.383. The van der Waals surface area contributed by atoms with Crippen LogP contribution >= 0.6 is 0 Å². The summed E-state index contributed by atoms with van der Waals surface area (Å²) in [5.41, 5.74) is 6.50. The van der Waals surface area contributed by atoms with E-state index in [2.05, 4.69) is 20.8 Å². The normalized spacial score (nSPS) is 10.2. The highest BCUT2D eigenvalue weighted by molar-refractivity contribution is 5.81. The van der Waals surface area contributed by atoms with Crippen molar-refractivity contribution in [3.8, 4) is 0 Å². The second-order valence-electron chi connectivity index (χ2n) is 6.33. The van der Waals surface area contributed by atoms with Gasteiger partial charge in [0, 0.05) is 13.6 Å². The summed E-state index contributed by atoms with van der Waals surface area (Å²) in [5.74, 6) is -0.279. The van der Waals surface area contributed by atoms with Crippen molar-refractivity contribution in [1.82, 2.24) is 15.4 Å². The van der Waals surface area contributed by atoms with Crippen LogP contribution in [0.4, 0.5) is 17.3 Å². The van der Waals surface area contributed by atoms with Gasteiger partial charge in [0.2, 0.25) is 17.5 Å². The molecule has 0 aliphatic carbocycles. The summed E-state index contributed by atoms with van der Waals surface area (Å²) in [6.45, 7) is 0.429. The van der Waals surface area contributed by atoms with E-state index in [0.29, 0.717) is 6.54 Å². The topological polar surface area (TPSA) is 113 Å². The molecule has 2 aromatic carbocycles. The number of hydrazine groups is 1. The summed E-state index contributed by atoms with van der Waals surface area (Å²) in [5, 5.41) is 11.7. The van der Waals surface area contributed by atoms with Crippen molar-refractivity contribution in [3.63, 3.8) is 0 Å². The van der Waals surface area contributed by atoms with Gasteiger partial charge in [0.15, 0.2) is 0 Å². The fraction of sp³-hybridized carbons (Fsp3) is 0.150. The van der Waals surface area contributed by atoms with Gasteiger partial charge < -0.3 is 4.90 Å². The number of anilines is 2. The number of hydrogen-bond donors (Lipinski definition) is 2. The third kappa shape index (κ3) is 5.25. The molecule has 0 spiro atoms. The molecular formula is C20H20N6O3. The van der Waals surface area contributed by atoms with Gasteiger partial charge in [0.25, 0.3) is 0 Å². The molecule has 9 heteroatoms. The highest BCUT2D eigenvalue weighted by Crippen LogP contribution is 2.31. The van der Waals surface area contributed by atoms with E-state index in [1.165, 1.54) is 6.33 Å². The van der Waals surface area contributed by atoms with Crippen LogP contribution in [-0.4, -0.2) is 27.8 Å². The van der Waals surface area contributed by atoms with Gasteiger partial charge in [0.05, 0.1) is 11.3 Å². The van der Waals surface area contributed by atoms with Crippen LogP contribution in [-0.2, 0) is 17.8 Å². The van der Waals surface area contributed by atoms with E-state index < -0.39 is 4.92 Å². The van der Waals surface area contributed by atoms with E-state index in [-0.39, 0.29) is 29.7 Å². The molecule has 9 nitrogen and oxygen atoms in total. The average Bonchev–Trinajstić information content (AvgIpc) is 2.73. The number of carbonyl (C=O) groups excluding carboxylic acids is 1. The van der Waals surface area contributed by atoms with E-state index >= 15 is 0 Å². The number of nitrogens with zero attached hydrogens (tertiary/aromatic N) is 4. The fourth-order valence-electron chi connectivity index (χ4n) is 2.79. The van der Waals surface area contributed by atoms with Crippen molar-refractivity contribution in [1.29, 1.82) is 0 Å². The van der Waals surface area contributed by atoms with Crippen molar-refractivity contribution in [2.75, 3.05) is 17.4 Å². The Bertz CT molecular complexity index is 982. The first-order chi connectivity index (χ1) is 14.0. The van der Waals surface area contributed by atoms with Crippen LogP contribution in [0.3, 0.4) is 0 Å². The van der Waals surface area contributed by atoms with Gasteiger partial charge >= 0.3 is 5.69 Å². The molecule has 2 N–H and O–H groups in total. The van der Waals surface area contributed by atoms with Gasteiger partial charge in [-0.3, -0.25) is 25.8 Å². The number of hydrogen-bond acceptors (Lipinski definition) is 7. The zero-order chi connectivity index (χ0) is 20.6. The van der Waals surface area contributed by atoms with Crippen LogP contribution in [0.1, 0.15) is 11.1 Å². The maximum absolute atomic E-state index is 12.1. The first-order valence-electron chi connectivity index (χ1n) is 8.88. The maximum atomic E-state index is 12.1. The molecular weight excluding hydrogens is 372 g/mol. The van der Waals surface area contributed by atoms with Crippen molar-refractivity contribution in [2.45, 2.75) is 13.0 Å². The molecule has 148 valence electrons. The van der Waals surface area contributed by atoms with Crippen molar-refractivity contribution < 1.29 is 9.72 Å². The summed E-state index contributed by atoms with van der Waals surface area (Å²) >= 11 is 0. The summed E-state index contributed by atoms with van der Waals surface area (Å²) in [7, 11) is 1.71. The summed E-state index contributed by atoms with van der Waals surface area (Å²) in [4.78, 5) is 32.9. The third-order valence-corrected chi connectivity index (χ3v) is 4.14. The van der Waals surface area contributed by atoms with Gasteiger partial charge in [-0.05, 0) is 11.1 Å². The number of rotatable bonds is 8. The van der Waals surface area contributed by atoms with Gasteiger partial charge in [-0.2, -0.15) is 0 Å². The second kappa shape index (κ2) is 9.27. The van der Waals surface area contributed by atoms with Crippen LogP contribution in [0.5, 0.6) is 0 Å². The van der Waals surface area contributed by atoms with Gasteiger partial charge in [-0.1, -0.05) is 60.7 Å². The zero-order valence-electron chi connectivity index (χ0n) is 15.8. The Balaban J connectivity index is 1.74. The predicted octanol–water partition coefficient (Wildman–Crippen LogP) is 2.71. The molecule has 0 radical (unpaired) electrons. The molecule has 0 saturated carbocycles. The fourth-order valence-corrected chi connectivity index (χ4v) is 2.79. The van der Waals surface area contributed by atoms with Crippen LogP contribution in [0.25, 0.3) is 0 Å². The monoisotopic (exact) mass is 392 g/mol. The minimum atomic E-state index is -0.567. The van der Waals surface area contributed by atoms with Crippen LogP contribution in [0.15, 0.2) is 67.0 Å². The molecule has 3 rings (SSSR count). The van der Waals surface area contributed by atoms with Crippen molar-refractivity contribution in [2.24, 2.45) is 0 Å². The Morgan fingerprint density at radius 1 is 1.03 bits per heavy atom. The smallest absolute Gasteiger partial charge is 0.349 e. The number of nitro groups is 1. The molecule has 0 unspecified atom stereocenters. The lowest BCUT2D eigenvalue weighted by Crippen LogP contribution is -2.32. The number of benzene rings is 2. The molecule has 0 fully saturated rings. The minimum absolute atomic E-state index is 0.0821. The largest absolute Gasteiger partial charge is 0.355 e. The van der Waals surface area contributed by atoms with Gasteiger partial charge in [-0.25, -0.2) is 9.97 Å². The van der Waals surface area contributed by atoms with Crippen molar-refractivity contribution >= 4 is 23.2 Å². The Morgan fingerprint density at radius 3 is 2.28 bits per heavy atom. The van der Waals surface area contributed by atoms with Crippen molar-refractivity contribution in [3.05, 3.63) is 88.2 Å². The molecule has 0 bridgehead atoms. The molecule has 0 aliphatic heterocycles. The number of carbonyl (C=O) groups is 1. The molecule has 1 heterocycles. The van der Waals surface area contributed by atoms with E-state index in [1.807, 2.05) is 60.7 Å². The Morgan fingerprint density at radius 2 is 1.66 bits per heavy atom. The first kappa shape index (κ1) is 19.7. The Kier molecular flexibility index (Phi) is 6.31. The summed E-state index contributed by atoms with van der Waals surface area (Å²) in [6.07, 6.45) is 1.35. The summed E-state index contributed by atoms with van der Waals surface area (Å²) < 4.78 is 0.